The molecule has 0 radical (unpaired) electrons. The van der Waals surface area contributed by atoms with Gasteiger partial charge in [0.15, 0.2) is 0 Å². The van der Waals surface area contributed by atoms with Crippen LogP contribution in [0.1, 0.15) is 30.0 Å². The fourth-order valence-electron chi connectivity index (χ4n) is 2.30. The van der Waals surface area contributed by atoms with Crippen molar-refractivity contribution in [1.29, 1.82) is 0 Å². The van der Waals surface area contributed by atoms with Gasteiger partial charge in [0.05, 0.1) is 6.61 Å². The molecule has 0 aliphatic heterocycles. The summed E-state index contributed by atoms with van der Waals surface area (Å²) >= 11 is 0. The van der Waals surface area contributed by atoms with E-state index >= 15 is 0 Å². The molecule has 1 aliphatic rings. The minimum Gasteiger partial charge on any atom is -0.491 e. The molecule has 106 valence electrons. The molecular formula is C13H16F3NO2. The molecule has 1 aliphatic carbocycles. The lowest BCUT2D eigenvalue weighted by atomic mass is 9.88. The van der Waals surface area contributed by atoms with Gasteiger partial charge in [0.25, 0.3) is 0 Å². The van der Waals surface area contributed by atoms with E-state index in [0.717, 1.165) is 30.4 Å². The Morgan fingerprint density at radius 2 is 2.05 bits per heavy atom. The Hall–Kier alpha value is -1.27. The van der Waals surface area contributed by atoms with Crippen LogP contribution in [-0.2, 0) is 11.2 Å². The number of hydrogen-bond acceptors (Lipinski definition) is 3. The Balaban J connectivity index is 1.96. The lowest BCUT2D eigenvalue weighted by Crippen LogP contribution is -2.20. The van der Waals surface area contributed by atoms with Gasteiger partial charge in [-0.3, -0.25) is 4.74 Å². The van der Waals surface area contributed by atoms with Crippen LogP contribution in [0.2, 0.25) is 0 Å². The molecule has 1 unspecified atom stereocenters. The Labute approximate surface area is 109 Å². The number of fused-ring (bicyclic) bond motifs is 1. The highest BCUT2D eigenvalue weighted by atomic mass is 19.4. The Bertz CT molecular complexity index is 434. The average Bonchev–Trinajstić information content (AvgIpc) is 2.34. The normalized spacial score (nSPS) is 19.1. The van der Waals surface area contributed by atoms with Gasteiger partial charge in [-0.05, 0) is 36.5 Å². The van der Waals surface area contributed by atoms with Crippen LogP contribution in [0.3, 0.4) is 0 Å². The largest absolute Gasteiger partial charge is 0.522 e. The molecule has 3 nitrogen and oxygen atoms in total. The van der Waals surface area contributed by atoms with Gasteiger partial charge in [-0.1, -0.05) is 12.1 Å². The summed E-state index contributed by atoms with van der Waals surface area (Å²) in [6.07, 6.45) is -1.87. The van der Waals surface area contributed by atoms with E-state index in [0.29, 0.717) is 5.75 Å². The molecule has 0 saturated heterocycles. The van der Waals surface area contributed by atoms with Crippen molar-refractivity contribution in [3.63, 3.8) is 0 Å². The first kappa shape index (κ1) is 14.1. The third-order valence-electron chi connectivity index (χ3n) is 3.12. The molecular weight excluding hydrogens is 259 g/mol. The quantitative estimate of drug-likeness (QED) is 0.859. The van der Waals surface area contributed by atoms with Crippen LogP contribution in [0.4, 0.5) is 13.2 Å². The third-order valence-corrected chi connectivity index (χ3v) is 3.12. The Morgan fingerprint density at radius 3 is 2.79 bits per heavy atom. The maximum absolute atomic E-state index is 11.8. The van der Waals surface area contributed by atoms with E-state index in [9.17, 15) is 13.2 Å². The maximum Gasteiger partial charge on any atom is 0.522 e. The van der Waals surface area contributed by atoms with Crippen molar-refractivity contribution in [2.75, 3.05) is 13.2 Å². The van der Waals surface area contributed by atoms with Crippen LogP contribution in [0, 0.1) is 0 Å². The molecule has 0 saturated carbocycles. The highest BCUT2D eigenvalue weighted by molar-refractivity contribution is 5.43. The van der Waals surface area contributed by atoms with Crippen molar-refractivity contribution < 1.29 is 22.6 Å². The summed E-state index contributed by atoms with van der Waals surface area (Å²) in [7, 11) is 0. The number of alkyl halides is 3. The van der Waals surface area contributed by atoms with Gasteiger partial charge < -0.3 is 10.5 Å². The number of rotatable bonds is 4. The van der Waals surface area contributed by atoms with Crippen molar-refractivity contribution in [1.82, 2.24) is 0 Å². The minimum absolute atomic E-state index is 0.0151. The predicted octanol–water partition coefficient (Wildman–Crippen LogP) is 2.94. The molecule has 0 bridgehead atoms. The molecule has 0 amide bonds. The fourth-order valence-corrected chi connectivity index (χ4v) is 2.30. The van der Waals surface area contributed by atoms with Crippen LogP contribution in [0.25, 0.3) is 0 Å². The molecule has 1 aromatic carbocycles. The number of nitrogens with two attached hydrogens (primary N) is 1. The van der Waals surface area contributed by atoms with Gasteiger partial charge in [-0.2, -0.15) is 0 Å². The van der Waals surface area contributed by atoms with Crippen molar-refractivity contribution >= 4 is 0 Å². The molecule has 19 heavy (non-hydrogen) atoms. The zero-order chi connectivity index (χ0) is 13.9. The number of ether oxygens (including phenoxy) is 2. The lowest BCUT2D eigenvalue weighted by Gasteiger charge is -2.24. The van der Waals surface area contributed by atoms with Crippen molar-refractivity contribution in [2.45, 2.75) is 31.7 Å². The summed E-state index contributed by atoms with van der Waals surface area (Å²) in [6.45, 7) is -0.648. The molecule has 0 heterocycles. The van der Waals surface area contributed by atoms with E-state index < -0.39 is 13.0 Å². The highest BCUT2D eigenvalue weighted by Gasteiger charge is 2.28. The third kappa shape index (κ3) is 3.84. The second-order valence-corrected chi connectivity index (χ2v) is 4.47. The van der Waals surface area contributed by atoms with Gasteiger partial charge in [-0.15, -0.1) is 13.2 Å². The average molecular weight is 275 g/mol. The number of benzene rings is 1. The maximum atomic E-state index is 11.8. The van der Waals surface area contributed by atoms with E-state index in [1.807, 2.05) is 12.1 Å². The van der Waals surface area contributed by atoms with Crippen molar-refractivity contribution in [2.24, 2.45) is 5.73 Å². The summed E-state index contributed by atoms with van der Waals surface area (Å²) in [5.74, 6) is 0.610. The smallest absolute Gasteiger partial charge is 0.491 e. The van der Waals surface area contributed by atoms with Gasteiger partial charge in [0, 0.05) is 6.04 Å². The molecule has 2 rings (SSSR count). The molecule has 0 aromatic heterocycles. The topological polar surface area (TPSA) is 44.5 Å². The highest BCUT2D eigenvalue weighted by Crippen LogP contribution is 2.34. The molecule has 2 N–H and O–H groups in total. The van der Waals surface area contributed by atoms with Crippen LogP contribution < -0.4 is 10.5 Å². The van der Waals surface area contributed by atoms with E-state index in [4.69, 9.17) is 10.5 Å². The first-order valence-electron chi connectivity index (χ1n) is 6.18. The summed E-state index contributed by atoms with van der Waals surface area (Å²) in [4.78, 5) is 0. The van der Waals surface area contributed by atoms with E-state index in [1.165, 1.54) is 0 Å². The summed E-state index contributed by atoms with van der Waals surface area (Å²) in [6, 6.07) is 5.49. The van der Waals surface area contributed by atoms with Crippen LogP contribution in [-0.4, -0.2) is 19.6 Å². The van der Waals surface area contributed by atoms with Gasteiger partial charge in [0.1, 0.15) is 12.4 Å². The first-order chi connectivity index (χ1) is 8.97. The second-order valence-electron chi connectivity index (χ2n) is 4.47. The Morgan fingerprint density at radius 1 is 1.26 bits per heavy atom. The summed E-state index contributed by atoms with van der Waals surface area (Å²) in [5.41, 5.74) is 8.03. The Kier molecular flexibility index (Phi) is 4.31. The van der Waals surface area contributed by atoms with Crippen LogP contribution in [0.15, 0.2) is 18.2 Å². The van der Waals surface area contributed by atoms with Crippen LogP contribution >= 0.6 is 0 Å². The summed E-state index contributed by atoms with van der Waals surface area (Å²) < 4.78 is 44.5. The zero-order valence-corrected chi connectivity index (χ0v) is 10.4. The van der Waals surface area contributed by atoms with Gasteiger partial charge in [0.2, 0.25) is 0 Å². The standard InChI is InChI=1S/C13H16F3NO2/c14-13(15,16)19-8-7-18-12-6-2-3-9-10(12)4-1-5-11(9)17/h2-3,6,11H,1,4-5,7-8,17H2. The molecule has 6 heteroatoms. The fraction of sp³-hybridized carbons (Fsp3) is 0.538. The van der Waals surface area contributed by atoms with Crippen molar-refractivity contribution in [3.05, 3.63) is 29.3 Å². The molecule has 1 aromatic rings. The SMILES string of the molecule is NC1CCCc2c(OCCOC(F)(F)F)cccc21. The van der Waals surface area contributed by atoms with E-state index in [1.54, 1.807) is 6.07 Å². The molecule has 0 spiro atoms. The molecule has 1 atom stereocenters. The predicted molar refractivity (Wildman–Crippen MR) is 63.8 cm³/mol. The van der Waals surface area contributed by atoms with Gasteiger partial charge >= 0.3 is 6.36 Å². The number of halogens is 3. The number of hydrogen-bond donors (Lipinski definition) is 1. The zero-order valence-electron chi connectivity index (χ0n) is 10.4. The van der Waals surface area contributed by atoms with Gasteiger partial charge in [-0.25, -0.2) is 0 Å². The monoisotopic (exact) mass is 275 g/mol. The van der Waals surface area contributed by atoms with E-state index in [-0.39, 0.29) is 12.6 Å². The molecule has 0 fully saturated rings. The lowest BCUT2D eigenvalue weighted by molar-refractivity contribution is -0.325. The summed E-state index contributed by atoms with van der Waals surface area (Å²) in [5, 5.41) is 0. The van der Waals surface area contributed by atoms with Crippen molar-refractivity contribution in [3.8, 4) is 5.75 Å². The second kappa shape index (κ2) is 5.79. The first-order valence-corrected chi connectivity index (χ1v) is 6.18. The van der Waals surface area contributed by atoms with Crippen LogP contribution in [0.5, 0.6) is 5.75 Å². The van der Waals surface area contributed by atoms with E-state index in [2.05, 4.69) is 4.74 Å². The minimum atomic E-state index is -4.61.